The van der Waals surface area contributed by atoms with E-state index >= 15 is 0 Å². The van der Waals surface area contributed by atoms with Gasteiger partial charge in [0.15, 0.2) is 0 Å². The first-order valence-corrected chi connectivity index (χ1v) is 15.2. The third-order valence-corrected chi connectivity index (χ3v) is 8.63. The maximum Gasteiger partial charge on any atom is 0.328 e. The number of nitrogens with one attached hydrogen (secondary N) is 3. The summed E-state index contributed by atoms with van der Waals surface area (Å²) in [5.74, 6) is -0.698. The number of piperidine rings is 1. The van der Waals surface area contributed by atoms with Crippen LogP contribution < -0.4 is 16.4 Å². The van der Waals surface area contributed by atoms with Crippen LogP contribution in [0.4, 0.5) is 0 Å². The van der Waals surface area contributed by atoms with Crippen LogP contribution in [-0.2, 0) is 23.9 Å². The normalized spacial score (nSPS) is 20.1. The summed E-state index contributed by atoms with van der Waals surface area (Å²) in [6.45, 7) is 6.47. The van der Waals surface area contributed by atoms with Gasteiger partial charge in [0.1, 0.15) is 11.7 Å². The van der Waals surface area contributed by atoms with Crippen molar-refractivity contribution in [1.82, 2.24) is 20.5 Å². The van der Waals surface area contributed by atoms with E-state index in [0.717, 1.165) is 16.8 Å². The number of ether oxygens (including phenoxy) is 1. The maximum absolute atomic E-state index is 12.3. The third kappa shape index (κ3) is 9.83. The number of fused-ring (bicyclic) bond motifs is 1. The van der Waals surface area contributed by atoms with Crippen LogP contribution in [0.1, 0.15) is 89.0 Å². The molecule has 2 saturated heterocycles. The molecule has 43 heavy (non-hydrogen) atoms. The lowest BCUT2D eigenvalue weighted by atomic mass is 9.82. The average Bonchev–Trinajstić information content (AvgIpc) is 3.54. The molecule has 236 valence electrons. The van der Waals surface area contributed by atoms with Crippen LogP contribution in [0.15, 0.2) is 30.3 Å². The van der Waals surface area contributed by atoms with Gasteiger partial charge in [0.25, 0.3) is 5.91 Å². The number of aromatic amines is 1. The van der Waals surface area contributed by atoms with E-state index in [2.05, 4.69) is 22.5 Å². The summed E-state index contributed by atoms with van der Waals surface area (Å²) >= 11 is 0. The average molecular weight is 598 g/mol. The van der Waals surface area contributed by atoms with Crippen molar-refractivity contribution < 1.29 is 28.7 Å². The highest BCUT2D eigenvalue weighted by Crippen LogP contribution is 2.36. The lowest BCUT2D eigenvalue weighted by Gasteiger charge is -2.39. The molecule has 1 spiro atoms. The standard InChI is InChI=1S/C16H25N3O5.C9H8N2O.C7H14/c1-10(20)17-13(15(23)24-3)8-12-9-16(18-14(12)22)4-6-19(7-5-16)11(2)21;10-9(12)8-5-6-3-1-2-4-7(6)11-8;1-7-5-3-2-4-6-7/h12-13H,4-9H2,1-3H3,(H,17,20)(H,18,22);1-5,11H,(H2,10,12);7H,2-6H2,1H3. The zero-order valence-corrected chi connectivity index (χ0v) is 25.9. The monoisotopic (exact) mass is 597 g/mol. The van der Waals surface area contributed by atoms with Crippen LogP contribution in [0, 0.1) is 11.8 Å². The first kappa shape index (κ1) is 33.6. The summed E-state index contributed by atoms with van der Waals surface area (Å²) in [5, 5.41) is 6.60. The lowest BCUT2D eigenvalue weighted by molar-refractivity contribution is -0.145. The smallest absolute Gasteiger partial charge is 0.328 e. The van der Waals surface area contributed by atoms with Crippen LogP contribution in [0.25, 0.3) is 10.9 Å². The molecule has 1 aromatic carbocycles. The van der Waals surface area contributed by atoms with Crippen LogP contribution >= 0.6 is 0 Å². The van der Waals surface area contributed by atoms with Crippen molar-refractivity contribution in [3.63, 3.8) is 0 Å². The van der Waals surface area contributed by atoms with E-state index in [0.29, 0.717) is 38.0 Å². The molecule has 1 aliphatic carbocycles. The van der Waals surface area contributed by atoms with Gasteiger partial charge in [0.2, 0.25) is 17.7 Å². The number of nitrogens with zero attached hydrogens (tertiary/aromatic N) is 1. The Morgan fingerprint density at radius 3 is 2.26 bits per heavy atom. The number of likely N-dealkylation sites (tertiary alicyclic amines) is 1. The summed E-state index contributed by atoms with van der Waals surface area (Å²) in [6, 6.07) is 8.58. The van der Waals surface area contributed by atoms with E-state index in [1.54, 1.807) is 17.9 Å². The fourth-order valence-electron chi connectivity index (χ4n) is 6.15. The summed E-state index contributed by atoms with van der Waals surface area (Å²) in [5.41, 5.74) is 6.18. The molecule has 0 bridgehead atoms. The van der Waals surface area contributed by atoms with Crippen molar-refractivity contribution in [3.8, 4) is 0 Å². The van der Waals surface area contributed by atoms with Crippen molar-refractivity contribution in [1.29, 1.82) is 0 Å². The SMILES string of the molecule is CC1CCCCC1.COC(=O)C(CC1CC2(CCN(C(C)=O)CC2)NC1=O)NC(C)=O.NC(=O)c1cc2ccccc2[nH]1. The number of methoxy groups -OCH3 is 1. The Labute approximate surface area is 253 Å². The van der Waals surface area contributed by atoms with E-state index in [-0.39, 0.29) is 35.6 Å². The van der Waals surface area contributed by atoms with Gasteiger partial charge in [-0.15, -0.1) is 0 Å². The van der Waals surface area contributed by atoms with E-state index in [1.165, 1.54) is 46.1 Å². The van der Waals surface area contributed by atoms with Gasteiger partial charge in [-0.3, -0.25) is 19.2 Å². The minimum Gasteiger partial charge on any atom is -0.467 e. The largest absolute Gasteiger partial charge is 0.467 e. The summed E-state index contributed by atoms with van der Waals surface area (Å²) in [4.78, 5) is 62.3. The minimum absolute atomic E-state index is 0.0436. The summed E-state index contributed by atoms with van der Waals surface area (Å²) in [7, 11) is 1.25. The topological polar surface area (TPSA) is 164 Å². The van der Waals surface area contributed by atoms with Gasteiger partial charge < -0.3 is 31.0 Å². The Morgan fingerprint density at radius 2 is 1.74 bits per heavy atom. The Morgan fingerprint density at radius 1 is 1.09 bits per heavy atom. The number of carbonyl (C=O) groups is 5. The Balaban J connectivity index is 0.000000217. The van der Waals surface area contributed by atoms with Gasteiger partial charge in [0.05, 0.1) is 7.11 Å². The molecule has 2 unspecified atom stereocenters. The molecule has 4 amide bonds. The zero-order valence-electron chi connectivity index (χ0n) is 25.9. The van der Waals surface area contributed by atoms with Crippen molar-refractivity contribution in [3.05, 3.63) is 36.0 Å². The Hall–Kier alpha value is -3.89. The number of H-pyrrole nitrogens is 1. The lowest BCUT2D eigenvalue weighted by Crippen LogP contribution is -2.51. The fourth-order valence-corrected chi connectivity index (χ4v) is 6.15. The predicted octanol–water partition coefficient (Wildman–Crippen LogP) is 3.42. The number of rotatable bonds is 5. The highest BCUT2D eigenvalue weighted by Gasteiger charge is 2.47. The predicted molar refractivity (Wildman–Crippen MR) is 164 cm³/mol. The number of carbonyl (C=O) groups excluding carboxylic acids is 5. The zero-order chi connectivity index (χ0) is 31.6. The highest BCUT2D eigenvalue weighted by molar-refractivity contribution is 5.97. The number of benzene rings is 1. The van der Waals surface area contributed by atoms with Crippen LogP contribution in [0.5, 0.6) is 0 Å². The number of aromatic nitrogens is 1. The fraction of sp³-hybridized carbons (Fsp3) is 0.594. The molecular formula is C32H47N5O6. The first-order valence-electron chi connectivity index (χ1n) is 15.2. The van der Waals surface area contributed by atoms with Gasteiger partial charge in [-0.25, -0.2) is 4.79 Å². The van der Waals surface area contributed by atoms with Crippen LogP contribution in [0.2, 0.25) is 0 Å². The molecule has 1 aromatic heterocycles. The maximum atomic E-state index is 12.3. The first-order chi connectivity index (χ1) is 20.4. The molecular weight excluding hydrogens is 550 g/mol. The Bertz CT molecular complexity index is 1240. The molecule has 3 aliphatic rings. The number of para-hydroxylation sites is 1. The second-order valence-electron chi connectivity index (χ2n) is 12.1. The number of amides is 4. The highest BCUT2D eigenvalue weighted by atomic mass is 16.5. The molecule has 11 nitrogen and oxygen atoms in total. The van der Waals surface area contributed by atoms with Crippen LogP contribution in [-0.4, -0.2) is 71.3 Å². The number of hydrogen-bond donors (Lipinski definition) is 4. The molecule has 11 heteroatoms. The van der Waals surface area contributed by atoms with Gasteiger partial charge in [-0.2, -0.15) is 0 Å². The molecule has 5 rings (SSSR count). The number of primary amides is 1. The molecule has 2 aromatic rings. The quantitative estimate of drug-likeness (QED) is 0.386. The molecule has 2 atom stereocenters. The number of nitrogens with two attached hydrogens (primary N) is 1. The second kappa shape index (κ2) is 15.5. The van der Waals surface area contributed by atoms with Gasteiger partial charge >= 0.3 is 5.97 Å². The van der Waals surface area contributed by atoms with Crippen molar-refractivity contribution in [2.45, 2.75) is 90.1 Å². The molecule has 3 fully saturated rings. The molecule has 5 N–H and O–H groups in total. The van der Waals surface area contributed by atoms with Gasteiger partial charge in [-0.1, -0.05) is 57.2 Å². The summed E-state index contributed by atoms with van der Waals surface area (Å²) < 4.78 is 4.71. The molecule has 1 saturated carbocycles. The van der Waals surface area contributed by atoms with E-state index < -0.39 is 17.9 Å². The van der Waals surface area contributed by atoms with Crippen molar-refractivity contribution in [2.75, 3.05) is 20.2 Å². The van der Waals surface area contributed by atoms with Crippen molar-refractivity contribution in [2.24, 2.45) is 17.6 Å². The third-order valence-electron chi connectivity index (χ3n) is 8.63. The van der Waals surface area contributed by atoms with Crippen LogP contribution in [0.3, 0.4) is 0 Å². The van der Waals surface area contributed by atoms with Gasteiger partial charge in [0, 0.05) is 49.3 Å². The van der Waals surface area contributed by atoms with E-state index in [1.807, 2.05) is 24.3 Å². The van der Waals surface area contributed by atoms with Gasteiger partial charge in [-0.05, 0) is 43.7 Å². The summed E-state index contributed by atoms with van der Waals surface area (Å²) in [6.07, 6.45) is 9.67. The minimum atomic E-state index is -0.823. The van der Waals surface area contributed by atoms with E-state index in [4.69, 9.17) is 10.5 Å². The number of hydrogen-bond acceptors (Lipinski definition) is 6. The molecule has 3 heterocycles. The Kier molecular flexibility index (Phi) is 12.1. The number of esters is 1. The second-order valence-corrected chi connectivity index (χ2v) is 12.1. The van der Waals surface area contributed by atoms with Crippen molar-refractivity contribution >= 4 is 40.5 Å². The molecule has 2 aliphatic heterocycles. The molecule has 0 radical (unpaired) electrons. The van der Waals surface area contributed by atoms with E-state index in [9.17, 15) is 24.0 Å².